The summed E-state index contributed by atoms with van der Waals surface area (Å²) in [6, 6.07) is 8.52. The second-order valence-corrected chi connectivity index (χ2v) is 3.71. The van der Waals surface area contributed by atoms with Gasteiger partial charge in [0, 0.05) is 0 Å². The number of rotatable bonds is 5. The van der Waals surface area contributed by atoms with E-state index in [0.717, 1.165) is 0 Å². The zero-order chi connectivity index (χ0) is 12.1. The lowest BCUT2D eigenvalue weighted by atomic mass is 9.95. The van der Waals surface area contributed by atoms with Crippen molar-refractivity contribution in [2.24, 2.45) is 5.92 Å². The maximum atomic E-state index is 13.3. The molecule has 86 valence electrons. The lowest BCUT2D eigenvalue weighted by molar-refractivity contribution is -0.146. The Bertz CT molecular complexity index is 380. The topological polar surface area (TPSA) is 54.4 Å². The van der Waals surface area contributed by atoms with Gasteiger partial charge in [-0.2, -0.15) is 0 Å². The van der Waals surface area contributed by atoms with E-state index in [0.29, 0.717) is 5.56 Å². The van der Waals surface area contributed by atoms with Crippen LogP contribution in [0.25, 0.3) is 0 Å². The molecule has 0 aromatic heterocycles. The van der Waals surface area contributed by atoms with Gasteiger partial charge in [0.15, 0.2) is 6.17 Å². The molecule has 0 amide bonds. The quantitative estimate of drug-likeness (QED) is 0.807. The number of aliphatic carboxylic acids is 1. The summed E-state index contributed by atoms with van der Waals surface area (Å²) in [7, 11) is 0. The highest BCUT2D eigenvalue weighted by molar-refractivity contribution is 6.64. The molecule has 0 bridgehead atoms. The molecule has 1 rings (SSSR count). The van der Waals surface area contributed by atoms with Crippen molar-refractivity contribution in [2.75, 3.05) is 0 Å². The fourth-order valence-corrected chi connectivity index (χ4v) is 1.49. The summed E-state index contributed by atoms with van der Waals surface area (Å²) in [5.74, 6) is -2.81. The standard InChI is InChI=1S/C11H10ClFO3/c12-10(14)9(13)8(11(15)16)6-7-4-2-1-3-5-7/h1-5,8-9H,6H2,(H,15,16)/t8-,9?/m0/s1. The number of carbonyl (C=O) groups excluding carboxylic acids is 1. The highest BCUT2D eigenvalue weighted by Gasteiger charge is 2.32. The second kappa shape index (κ2) is 5.61. The number of carboxylic acids is 1. The minimum absolute atomic E-state index is 0.0597. The average Bonchev–Trinajstić information content (AvgIpc) is 2.26. The smallest absolute Gasteiger partial charge is 0.310 e. The van der Waals surface area contributed by atoms with E-state index in [4.69, 9.17) is 16.7 Å². The van der Waals surface area contributed by atoms with Gasteiger partial charge in [-0.25, -0.2) is 4.39 Å². The molecular weight excluding hydrogens is 235 g/mol. The number of carboxylic acid groups (broad SMARTS) is 1. The van der Waals surface area contributed by atoms with Crippen molar-refractivity contribution in [3.8, 4) is 0 Å². The van der Waals surface area contributed by atoms with Gasteiger partial charge in [-0.3, -0.25) is 9.59 Å². The van der Waals surface area contributed by atoms with Gasteiger partial charge in [-0.15, -0.1) is 0 Å². The van der Waals surface area contributed by atoms with E-state index in [2.05, 4.69) is 0 Å². The number of hydrogen-bond donors (Lipinski definition) is 1. The Morgan fingerprint density at radius 3 is 2.31 bits per heavy atom. The van der Waals surface area contributed by atoms with E-state index in [1.807, 2.05) is 0 Å². The fraction of sp³-hybridized carbons (Fsp3) is 0.273. The van der Waals surface area contributed by atoms with Crippen molar-refractivity contribution in [2.45, 2.75) is 12.6 Å². The van der Waals surface area contributed by atoms with Crippen LogP contribution >= 0.6 is 11.6 Å². The molecule has 0 saturated heterocycles. The van der Waals surface area contributed by atoms with Gasteiger partial charge in [0.1, 0.15) is 5.92 Å². The molecule has 0 aliphatic heterocycles. The van der Waals surface area contributed by atoms with E-state index in [9.17, 15) is 14.0 Å². The molecule has 0 spiro atoms. The normalized spacial score (nSPS) is 14.1. The Morgan fingerprint density at radius 1 is 1.31 bits per heavy atom. The summed E-state index contributed by atoms with van der Waals surface area (Å²) in [4.78, 5) is 21.4. The molecule has 5 heteroatoms. The summed E-state index contributed by atoms with van der Waals surface area (Å²) >= 11 is 4.96. The van der Waals surface area contributed by atoms with Crippen LogP contribution in [0.3, 0.4) is 0 Å². The Balaban J connectivity index is 2.81. The van der Waals surface area contributed by atoms with Gasteiger partial charge in [0.2, 0.25) is 0 Å². The number of hydrogen-bond acceptors (Lipinski definition) is 2. The minimum Gasteiger partial charge on any atom is -0.481 e. The maximum absolute atomic E-state index is 13.3. The van der Waals surface area contributed by atoms with Crippen molar-refractivity contribution in [3.63, 3.8) is 0 Å². The molecule has 0 fully saturated rings. The predicted octanol–water partition coefficient (Wildman–Crippen LogP) is 2.03. The Hall–Kier alpha value is -1.42. The van der Waals surface area contributed by atoms with Gasteiger partial charge in [-0.1, -0.05) is 30.3 Å². The summed E-state index contributed by atoms with van der Waals surface area (Å²) in [6.45, 7) is 0. The molecule has 0 aliphatic rings. The average molecular weight is 245 g/mol. The molecule has 0 aliphatic carbocycles. The van der Waals surface area contributed by atoms with Crippen LogP contribution in [0.2, 0.25) is 0 Å². The minimum atomic E-state index is -2.18. The van der Waals surface area contributed by atoms with Crippen LogP contribution in [-0.2, 0) is 16.0 Å². The highest BCUT2D eigenvalue weighted by Crippen LogP contribution is 2.17. The zero-order valence-electron chi connectivity index (χ0n) is 8.27. The van der Waals surface area contributed by atoms with Crippen LogP contribution in [0, 0.1) is 5.92 Å². The summed E-state index contributed by atoms with van der Waals surface area (Å²) in [5, 5.41) is 7.53. The summed E-state index contributed by atoms with van der Waals surface area (Å²) < 4.78 is 13.3. The van der Waals surface area contributed by atoms with Gasteiger partial charge >= 0.3 is 5.97 Å². The van der Waals surface area contributed by atoms with Crippen LogP contribution in [0.5, 0.6) is 0 Å². The van der Waals surface area contributed by atoms with E-state index in [1.165, 1.54) is 0 Å². The van der Waals surface area contributed by atoms with Gasteiger partial charge in [-0.05, 0) is 23.6 Å². The molecular formula is C11H10ClFO3. The first-order chi connectivity index (χ1) is 7.52. The van der Waals surface area contributed by atoms with Gasteiger partial charge in [0.25, 0.3) is 5.24 Å². The largest absolute Gasteiger partial charge is 0.481 e. The van der Waals surface area contributed by atoms with E-state index >= 15 is 0 Å². The fourth-order valence-electron chi connectivity index (χ4n) is 1.34. The molecule has 1 aromatic rings. The third-order valence-corrected chi connectivity index (χ3v) is 2.39. The first kappa shape index (κ1) is 12.6. The molecule has 16 heavy (non-hydrogen) atoms. The Labute approximate surface area is 96.8 Å². The van der Waals surface area contributed by atoms with Crippen LogP contribution in [0.1, 0.15) is 5.56 Å². The first-order valence-electron chi connectivity index (χ1n) is 4.62. The molecule has 0 heterocycles. The van der Waals surface area contributed by atoms with E-state index in [-0.39, 0.29) is 6.42 Å². The summed E-state index contributed by atoms with van der Waals surface area (Å²) in [6.07, 6.45) is -2.24. The van der Waals surface area contributed by atoms with E-state index < -0.39 is 23.3 Å². The molecule has 0 saturated carbocycles. The predicted molar refractivity (Wildman–Crippen MR) is 57.0 cm³/mol. The number of halogens is 2. The van der Waals surface area contributed by atoms with Crippen LogP contribution < -0.4 is 0 Å². The first-order valence-corrected chi connectivity index (χ1v) is 5.00. The maximum Gasteiger partial charge on any atom is 0.310 e. The zero-order valence-corrected chi connectivity index (χ0v) is 9.02. The Morgan fingerprint density at radius 2 is 1.88 bits per heavy atom. The van der Waals surface area contributed by atoms with Crippen LogP contribution in [-0.4, -0.2) is 22.5 Å². The van der Waals surface area contributed by atoms with E-state index in [1.54, 1.807) is 30.3 Å². The van der Waals surface area contributed by atoms with Gasteiger partial charge < -0.3 is 5.11 Å². The number of carbonyl (C=O) groups is 2. The van der Waals surface area contributed by atoms with Crippen molar-refractivity contribution < 1.29 is 19.1 Å². The number of benzene rings is 1. The molecule has 1 aromatic carbocycles. The SMILES string of the molecule is O=C(Cl)C(F)[C@H](Cc1ccccc1)C(=O)O. The van der Waals surface area contributed by atoms with Crippen molar-refractivity contribution in [1.29, 1.82) is 0 Å². The second-order valence-electron chi connectivity index (χ2n) is 3.34. The lowest BCUT2D eigenvalue weighted by Gasteiger charge is -2.13. The van der Waals surface area contributed by atoms with Gasteiger partial charge in [0.05, 0.1) is 0 Å². The molecule has 0 radical (unpaired) electrons. The number of alkyl halides is 1. The highest BCUT2D eigenvalue weighted by atomic mass is 35.5. The monoisotopic (exact) mass is 244 g/mol. The van der Waals surface area contributed by atoms with Crippen molar-refractivity contribution >= 4 is 22.8 Å². The van der Waals surface area contributed by atoms with Crippen molar-refractivity contribution in [3.05, 3.63) is 35.9 Å². The molecule has 3 nitrogen and oxygen atoms in total. The van der Waals surface area contributed by atoms with Crippen molar-refractivity contribution in [1.82, 2.24) is 0 Å². The molecule has 1 N–H and O–H groups in total. The summed E-state index contributed by atoms with van der Waals surface area (Å²) in [5.41, 5.74) is 0.649. The molecule has 1 unspecified atom stereocenters. The Kier molecular flexibility index (Phi) is 4.43. The third kappa shape index (κ3) is 3.31. The van der Waals surface area contributed by atoms with Crippen LogP contribution in [0.4, 0.5) is 4.39 Å². The van der Waals surface area contributed by atoms with Crippen LogP contribution in [0.15, 0.2) is 30.3 Å². The lowest BCUT2D eigenvalue weighted by Crippen LogP contribution is -2.31. The molecule has 2 atom stereocenters. The third-order valence-electron chi connectivity index (χ3n) is 2.19.